The fourth-order valence-electron chi connectivity index (χ4n) is 1.51. The zero-order valence-corrected chi connectivity index (χ0v) is 12.9. The van der Waals surface area contributed by atoms with Crippen LogP contribution in [0.4, 0.5) is 9.52 Å². The van der Waals surface area contributed by atoms with Crippen molar-refractivity contribution in [3.63, 3.8) is 0 Å². The maximum Gasteiger partial charge on any atom is 0.258 e. The number of carbonyl (C=O) groups is 1. The average Bonchev–Trinajstić information content (AvgIpc) is 2.76. The second-order valence-electron chi connectivity index (χ2n) is 5.37. The highest BCUT2D eigenvalue weighted by Gasteiger charge is 2.19. The van der Waals surface area contributed by atoms with E-state index in [2.05, 4.69) is 10.3 Å². The van der Waals surface area contributed by atoms with Crippen molar-refractivity contribution in [3.05, 3.63) is 45.7 Å². The van der Waals surface area contributed by atoms with Crippen LogP contribution in [0.25, 0.3) is 0 Å². The van der Waals surface area contributed by atoms with E-state index >= 15 is 0 Å². The van der Waals surface area contributed by atoms with Gasteiger partial charge in [0.25, 0.3) is 5.91 Å². The van der Waals surface area contributed by atoms with Gasteiger partial charge in [0, 0.05) is 10.8 Å². The van der Waals surface area contributed by atoms with E-state index in [9.17, 15) is 9.18 Å². The van der Waals surface area contributed by atoms with Crippen LogP contribution in [0.3, 0.4) is 0 Å². The Bertz CT molecular complexity index is 649. The molecule has 1 heterocycles. The summed E-state index contributed by atoms with van der Waals surface area (Å²) in [6.07, 6.45) is 0. The van der Waals surface area contributed by atoms with Gasteiger partial charge < -0.3 is 0 Å². The Labute approximate surface area is 125 Å². The third-order valence-corrected chi connectivity index (χ3v) is 3.74. The molecule has 2 rings (SSSR count). The molecule has 0 radical (unpaired) electrons. The van der Waals surface area contributed by atoms with Crippen LogP contribution < -0.4 is 5.32 Å². The van der Waals surface area contributed by atoms with Crippen LogP contribution in [0.5, 0.6) is 0 Å². The number of nitrogens with one attached hydrogen (secondary N) is 1. The van der Waals surface area contributed by atoms with Crippen LogP contribution in [0.15, 0.2) is 23.6 Å². The Hall–Kier alpha value is -1.46. The smallest absolute Gasteiger partial charge is 0.258 e. The number of amides is 1. The molecule has 0 aliphatic carbocycles. The molecule has 0 aliphatic rings. The van der Waals surface area contributed by atoms with Crippen molar-refractivity contribution in [2.45, 2.75) is 26.2 Å². The summed E-state index contributed by atoms with van der Waals surface area (Å²) >= 11 is 7.20. The lowest BCUT2D eigenvalue weighted by Crippen LogP contribution is -2.14. The second-order valence-corrected chi connectivity index (χ2v) is 6.63. The largest absolute Gasteiger partial charge is 0.298 e. The molecule has 0 fully saturated rings. The molecule has 0 aliphatic heterocycles. The van der Waals surface area contributed by atoms with Gasteiger partial charge in [-0.05, 0) is 18.2 Å². The van der Waals surface area contributed by atoms with E-state index in [0.717, 1.165) is 11.8 Å². The Morgan fingerprint density at radius 3 is 2.65 bits per heavy atom. The van der Waals surface area contributed by atoms with Crippen molar-refractivity contribution >= 4 is 34.0 Å². The van der Waals surface area contributed by atoms with Crippen molar-refractivity contribution in [1.29, 1.82) is 0 Å². The molecule has 2 aromatic rings. The number of hydrogen-bond donors (Lipinski definition) is 1. The molecule has 0 saturated heterocycles. The zero-order valence-electron chi connectivity index (χ0n) is 11.3. The molecule has 0 atom stereocenters. The summed E-state index contributed by atoms with van der Waals surface area (Å²) in [6.45, 7) is 6.14. The number of rotatable bonds is 2. The molecular weight excluding hydrogens is 299 g/mol. The predicted octanol–water partition coefficient (Wildman–Crippen LogP) is 4.49. The van der Waals surface area contributed by atoms with Gasteiger partial charge in [0.15, 0.2) is 5.13 Å². The Balaban J connectivity index is 2.17. The van der Waals surface area contributed by atoms with E-state index in [1.54, 1.807) is 0 Å². The monoisotopic (exact) mass is 312 g/mol. The van der Waals surface area contributed by atoms with Crippen molar-refractivity contribution < 1.29 is 9.18 Å². The highest BCUT2D eigenvalue weighted by Crippen LogP contribution is 2.27. The van der Waals surface area contributed by atoms with Gasteiger partial charge in [-0.3, -0.25) is 10.1 Å². The summed E-state index contributed by atoms with van der Waals surface area (Å²) in [6, 6.07) is 3.66. The number of carbonyl (C=O) groups excluding carboxylic acids is 1. The summed E-state index contributed by atoms with van der Waals surface area (Å²) < 4.78 is 12.9. The highest BCUT2D eigenvalue weighted by atomic mass is 35.5. The Morgan fingerprint density at radius 2 is 2.10 bits per heavy atom. The molecule has 20 heavy (non-hydrogen) atoms. The van der Waals surface area contributed by atoms with Crippen LogP contribution in [-0.4, -0.2) is 10.9 Å². The predicted molar refractivity (Wildman–Crippen MR) is 80.2 cm³/mol. The van der Waals surface area contributed by atoms with Gasteiger partial charge in [-0.2, -0.15) is 0 Å². The minimum absolute atomic E-state index is 0.0764. The lowest BCUT2D eigenvalue weighted by atomic mass is 9.93. The number of aromatic nitrogens is 1. The maximum atomic E-state index is 12.9. The molecule has 1 N–H and O–H groups in total. The summed E-state index contributed by atoms with van der Waals surface area (Å²) in [7, 11) is 0. The van der Waals surface area contributed by atoms with E-state index in [4.69, 9.17) is 11.6 Å². The summed E-state index contributed by atoms with van der Waals surface area (Å²) in [5.41, 5.74) is 1.05. The Morgan fingerprint density at radius 1 is 1.40 bits per heavy atom. The molecule has 6 heteroatoms. The van der Waals surface area contributed by atoms with Crippen LogP contribution in [0.2, 0.25) is 5.02 Å². The first kappa shape index (κ1) is 14.9. The molecule has 3 nitrogen and oxygen atoms in total. The van der Waals surface area contributed by atoms with Gasteiger partial charge in [-0.1, -0.05) is 32.4 Å². The van der Waals surface area contributed by atoms with Gasteiger partial charge in [0.1, 0.15) is 5.82 Å². The molecule has 106 valence electrons. The fraction of sp³-hybridized carbons (Fsp3) is 0.286. The third kappa shape index (κ3) is 3.35. The minimum atomic E-state index is -0.476. The third-order valence-electron chi connectivity index (χ3n) is 2.67. The maximum absolute atomic E-state index is 12.9. The number of halogens is 2. The molecule has 1 aromatic carbocycles. The van der Waals surface area contributed by atoms with Gasteiger partial charge in [0.05, 0.1) is 16.3 Å². The molecule has 1 amide bonds. The SMILES string of the molecule is CC(C)(C)c1csc(NC(=O)c2ccc(F)cc2Cl)n1. The normalized spacial score (nSPS) is 11.4. The number of anilines is 1. The number of thiazole rings is 1. The van der Waals surface area contributed by atoms with Crippen molar-refractivity contribution in [3.8, 4) is 0 Å². The average molecular weight is 313 g/mol. The van der Waals surface area contributed by atoms with Gasteiger partial charge in [-0.25, -0.2) is 9.37 Å². The van der Waals surface area contributed by atoms with Crippen molar-refractivity contribution in [2.24, 2.45) is 0 Å². The van der Waals surface area contributed by atoms with E-state index in [-0.39, 0.29) is 16.0 Å². The molecular formula is C14H14ClFN2OS. The van der Waals surface area contributed by atoms with Gasteiger partial charge in [0.2, 0.25) is 0 Å². The first-order valence-electron chi connectivity index (χ1n) is 6.00. The van der Waals surface area contributed by atoms with Crippen LogP contribution in [-0.2, 0) is 5.41 Å². The van der Waals surface area contributed by atoms with Crippen LogP contribution >= 0.6 is 22.9 Å². The first-order chi connectivity index (χ1) is 9.27. The highest BCUT2D eigenvalue weighted by molar-refractivity contribution is 7.14. The minimum Gasteiger partial charge on any atom is -0.298 e. The van der Waals surface area contributed by atoms with Gasteiger partial charge >= 0.3 is 0 Å². The quantitative estimate of drug-likeness (QED) is 0.888. The fourth-order valence-corrected chi connectivity index (χ4v) is 2.70. The van der Waals surface area contributed by atoms with Crippen LogP contribution in [0.1, 0.15) is 36.8 Å². The number of hydrogen-bond acceptors (Lipinski definition) is 3. The van der Waals surface area contributed by atoms with E-state index in [1.807, 2.05) is 26.2 Å². The van der Waals surface area contributed by atoms with E-state index < -0.39 is 11.7 Å². The summed E-state index contributed by atoms with van der Waals surface area (Å²) in [4.78, 5) is 16.4. The standard InChI is InChI=1S/C14H14ClFN2OS/c1-14(2,3)11-7-20-13(17-11)18-12(19)9-5-4-8(16)6-10(9)15/h4-7H,1-3H3,(H,17,18,19). The van der Waals surface area contributed by atoms with E-state index in [0.29, 0.717) is 5.13 Å². The summed E-state index contributed by atoms with van der Waals surface area (Å²) in [5, 5.41) is 5.16. The molecule has 1 aromatic heterocycles. The number of nitrogens with zero attached hydrogens (tertiary/aromatic N) is 1. The van der Waals surface area contributed by atoms with Gasteiger partial charge in [-0.15, -0.1) is 11.3 Å². The zero-order chi connectivity index (χ0) is 14.9. The topological polar surface area (TPSA) is 42.0 Å². The van der Waals surface area contributed by atoms with Crippen molar-refractivity contribution in [2.75, 3.05) is 5.32 Å². The summed E-state index contributed by atoms with van der Waals surface area (Å²) in [5.74, 6) is -0.874. The lowest BCUT2D eigenvalue weighted by molar-refractivity contribution is 0.102. The molecule has 0 bridgehead atoms. The second kappa shape index (κ2) is 5.50. The lowest BCUT2D eigenvalue weighted by Gasteiger charge is -2.14. The van der Waals surface area contributed by atoms with Crippen molar-refractivity contribution in [1.82, 2.24) is 4.98 Å². The Kier molecular flexibility index (Phi) is 4.11. The molecule has 0 saturated carbocycles. The van der Waals surface area contributed by atoms with E-state index in [1.165, 1.54) is 23.5 Å². The molecule has 0 unspecified atom stereocenters. The number of benzene rings is 1. The van der Waals surface area contributed by atoms with Crippen LogP contribution in [0, 0.1) is 5.82 Å². The first-order valence-corrected chi connectivity index (χ1v) is 7.25. The molecule has 0 spiro atoms.